The number of H-pyrrole nitrogens is 3. The van der Waals surface area contributed by atoms with Crippen molar-refractivity contribution in [3.63, 3.8) is 0 Å². The molecule has 0 saturated carbocycles. The van der Waals surface area contributed by atoms with Crippen LogP contribution in [0.4, 0.5) is 0 Å². The first kappa shape index (κ1) is 30.9. The fourth-order valence-electron chi connectivity index (χ4n) is 7.40. The van der Waals surface area contributed by atoms with Crippen LogP contribution in [-0.2, 0) is 25.5 Å². The zero-order chi connectivity index (χ0) is 33.0. The molecule has 0 amide bonds. The molecule has 0 aromatic carbocycles. The number of fused-ring (bicyclic) bond motifs is 8. The highest BCUT2D eigenvalue weighted by molar-refractivity contribution is 6.34. The molecule has 0 spiro atoms. The van der Waals surface area contributed by atoms with Crippen molar-refractivity contribution >= 4 is 53.9 Å². The van der Waals surface area contributed by atoms with E-state index in [0.29, 0.717) is 51.8 Å². The predicted molar refractivity (Wildman–Crippen MR) is 175 cm³/mol. The first-order valence-electron chi connectivity index (χ1n) is 15.5. The number of ketones is 1. The molecule has 1 unspecified atom stereocenters. The first-order valence-corrected chi connectivity index (χ1v) is 15.5. The van der Waals surface area contributed by atoms with E-state index < -0.39 is 17.8 Å². The first-order chi connectivity index (χ1) is 22.1. The fraction of sp³-hybridized carbons (Fsp3) is 0.333. The maximum Gasteiger partial charge on any atom is 0.342 e. The standard InChI is InChI=1S/C36H38N4O6/c1-8-19-16(3)23-12-24-17(4)21(10-11-29(42)45-6)33(39-24)31-32(36(44)46-7)35(43)30-18(5)25(40-34(30)31)13-27-20(9-2)22(15-41)28(38-27)14-26(19)37-23/h8,12-15,17,21,33,37-40H,1,9-11H2,2-7H3/b24-12-,27-13?,28-14-/t17-,21-,33?/m0/s1. The van der Waals surface area contributed by atoms with Crippen LogP contribution in [0, 0.1) is 25.7 Å². The number of methoxy groups -OCH3 is 2. The minimum absolute atomic E-state index is 0.0185. The summed E-state index contributed by atoms with van der Waals surface area (Å²) in [5, 5.41) is 5.05. The number of hydrogen-bond acceptors (Lipinski definition) is 7. The molecule has 5 heterocycles. The molecule has 10 nitrogen and oxygen atoms in total. The number of nitrogens with one attached hydrogen (secondary N) is 4. The highest BCUT2D eigenvalue weighted by Crippen LogP contribution is 2.46. The summed E-state index contributed by atoms with van der Waals surface area (Å²) in [6.07, 6.45) is 9.78. The summed E-state index contributed by atoms with van der Waals surface area (Å²) in [5.41, 5.74) is 8.65. The van der Waals surface area contributed by atoms with E-state index in [-0.39, 0.29) is 29.8 Å². The van der Waals surface area contributed by atoms with E-state index in [9.17, 15) is 19.2 Å². The molecule has 0 radical (unpaired) electrons. The number of esters is 2. The highest BCUT2D eigenvalue weighted by atomic mass is 16.5. The minimum Gasteiger partial charge on any atom is -0.469 e. The van der Waals surface area contributed by atoms with Crippen molar-refractivity contribution < 1.29 is 28.7 Å². The molecule has 3 aliphatic rings. The molecule has 8 bridgehead atoms. The predicted octanol–water partition coefficient (Wildman–Crippen LogP) is 3.62. The summed E-state index contributed by atoms with van der Waals surface area (Å²) in [4.78, 5) is 62.5. The molecule has 238 valence electrons. The van der Waals surface area contributed by atoms with Crippen LogP contribution in [0.25, 0.3) is 29.9 Å². The summed E-state index contributed by atoms with van der Waals surface area (Å²) in [6.45, 7) is 12.0. The largest absolute Gasteiger partial charge is 0.469 e. The van der Waals surface area contributed by atoms with Gasteiger partial charge in [0.25, 0.3) is 0 Å². The molecular weight excluding hydrogens is 584 g/mol. The Hall–Kier alpha value is -5.12. The lowest BCUT2D eigenvalue weighted by atomic mass is 9.82. The summed E-state index contributed by atoms with van der Waals surface area (Å²) >= 11 is 0. The van der Waals surface area contributed by atoms with Crippen molar-refractivity contribution in [1.82, 2.24) is 20.3 Å². The third-order valence-corrected chi connectivity index (χ3v) is 9.90. The Morgan fingerprint density at radius 2 is 1.67 bits per heavy atom. The van der Waals surface area contributed by atoms with Crippen molar-refractivity contribution in [1.29, 1.82) is 0 Å². The number of carbonyl (C=O) groups excluding carboxylic acids is 4. The second-order valence-electron chi connectivity index (χ2n) is 12.1. The van der Waals surface area contributed by atoms with Gasteiger partial charge in [0, 0.05) is 57.2 Å². The van der Waals surface area contributed by atoms with Crippen LogP contribution < -0.4 is 16.0 Å². The average molecular weight is 623 g/mol. The Bertz CT molecular complexity index is 2030. The monoisotopic (exact) mass is 622 g/mol. The van der Waals surface area contributed by atoms with Crippen LogP contribution in [0.2, 0.25) is 0 Å². The molecule has 3 atom stereocenters. The van der Waals surface area contributed by atoms with Gasteiger partial charge in [-0.15, -0.1) is 0 Å². The molecule has 4 N–H and O–H groups in total. The summed E-state index contributed by atoms with van der Waals surface area (Å²) in [5.74, 6) is -1.70. The molecule has 46 heavy (non-hydrogen) atoms. The molecule has 6 rings (SSSR count). The van der Waals surface area contributed by atoms with Crippen molar-refractivity contribution in [3.05, 3.63) is 84.7 Å². The lowest BCUT2D eigenvalue weighted by Gasteiger charge is -2.23. The maximum absolute atomic E-state index is 14.1. The SMILES string of the molecule is C=Cc1c2[nH]c(c1C)/C=C1\NC(C3=C(C(=O)OC)C(=O)c4c3[nH]c(c4C)C=c3[nH]/c(c(C=O)c3CC)=C\2)[C@@H](CCC(=O)OC)[C@@H]1C. The van der Waals surface area contributed by atoms with Gasteiger partial charge in [-0.05, 0) is 67.5 Å². The van der Waals surface area contributed by atoms with E-state index in [1.54, 1.807) is 6.08 Å². The lowest BCUT2D eigenvalue weighted by molar-refractivity contribution is -0.141. The smallest absolute Gasteiger partial charge is 0.342 e. The summed E-state index contributed by atoms with van der Waals surface area (Å²) in [6, 6.07) is -0.492. The Morgan fingerprint density at radius 1 is 0.957 bits per heavy atom. The molecule has 1 aliphatic carbocycles. The van der Waals surface area contributed by atoms with Crippen molar-refractivity contribution in [2.45, 2.75) is 53.0 Å². The van der Waals surface area contributed by atoms with Gasteiger partial charge in [-0.2, -0.15) is 0 Å². The number of rotatable bonds is 7. The van der Waals surface area contributed by atoms with Crippen molar-refractivity contribution in [2.24, 2.45) is 11.8 Å². The molecule has 1 saturated heterocycles. The maximum atomic E-state index is 14.1. The Morgan fingerprint density at radius 3 is 2.33 bits per heavy atom. The molecule has 2 aliphatic heterocycles. The van der Waals surface area contributed by atoms with Crippen molar-refractivity contribution in [2.75, 3.05) is 14.2 Å². The number of hydrogen-bond donors (Lipinski definition) is 4. The van der Waals surface area contributed by atoms with Gasteiger partial charge in [0.2, 0.25) is 5.78 Å². The molecule has 3 aromatic heterocycles. The van der Waals surface area contributed by atoms with E-state index in [1.807, 2.05) is 39.0 Å². The normalized spacial score (nSPS) is 21.5. The third kappa shape index (κ3) is 4.62. The lowest BCUT2D eigenvalue weighted by Crippen LogP contribution is -2.31. The molecule has 1 fully saturated rings. The Kier molecular flexibility index (Phi) is 7.83. The second-order valence-corrected chi connectivity index (χ2v) is 12.1. The second kappa shape index (κ2) is 11.7. The number of carbonyl (C=O) groups is 4. The topological polar surface area (TPSA) is 146 Å². The number of Topliss-reactive ketones (excluding diaryl/α,β-unsaturated/α-hetero) is 1. The zero-order valence-electron chi connectivity index (χ0n) is 26.9. The van der Waals surface area contributed by atoms with Crippen molar-refractivity contribution in [3.8, 4) is 0 Å². The van der Waals surface area contributed by atoms with Crippen LogP contribution in [0.15, 0.2) is 17.8 Å². The quantitative estimate of drug-likeness (QED) is 0.179. The van der Waals surface area contributed by atoms with E-state index in [2.05, 4.69) is 33.8 Å². The molecule has 10 heteroatoms. The van der Waals surface area contributed by atoms with E-state index in [1.165, 1.54) is 14.2 Å². The fourth-order valence-corrected chi connectivity index (χ4v) is 7.40. The number of ether oxygens (including phenoxy) is 2. The van der Waals surface area contributed by atoms with Crippen LogP contribution >= 0.6 is 0 Å². The van der Waals surface area contributed by atoms with Crippen LogP contribution in [0.3, 0.4) is 0 Å². The number of aromatic amines is 3. The minimum atomic E-state index is -0.712. The number of aromatic nitrogens is 3. The molecule has 3 aromatic rings. The highest BCUT2D eigenvalue weighted by Gasteiger charge is 2.47. The van der Waals surface area contributed by atoms with Gasteiger partial charge in [0.05, 0.1) is 36.9 Å². The summed E-state index contributed by atoms with van der Waals surface area (Å²) < 4.78 is 10.1. The van der Waals surface area contributed by atoms with Gasteiger partial charge in [0.1, 0.15) is 5.57 Å². The van der Waals surface area contributed by atoms with Gasteiger partial charge in [0.15, 0.2) is 6.29 Å². The molecular formula is C36H38N4O6. The average Bonchev–Trinajstić information content (AvgIpc) is 3.79. The third-order valence-electron chi connectivity index (χ3n) is 9.90. The van der Waals surface area contributed by atoms with Gasteiger partial charge in [-0.3, -0.25) is 14.4 Å². The Balaban J connectivity index is 1.71. The zero-order valence-corrected chi connectivity index (χ0v) is 26.9. The van der Waals surface area contributed by atoms with E-state index >= 15 is 0 Å². The number of aldehydes is 1. The van der Waals surface area contributed by atoms with E-state index in [4.69, 9.17) is 9.47 Å². The number of allylic oxidation sites excluding steroid dienone is 1. The van der Waals surface area contributed by atoms with Crippen LogP contribution in [0.5, 0.6) is 0 Å². The van der Waals surface area contributed by atoms with Gasteiger partial charge < -0.3 is 29.7 Å². The summed E-state index contributed by atoms with van der Waals surface area (Å²) in [7, 11) is 2.63. The van der Waals surface area contributed by atoms with Gasteiger partial charge in [-0.25, -0.2) is 4.79 Å². The van der Waals surface area contributed by atoms with E-state index in [0.717, 1.165) is 45.4 Å². The van der Waals surface area contributed by atoms with Gasteiger partial charge in [-0.1, -0.05) is 26.5 Å². The van der Waals surface area contributed by atoms with Gasteiger partial charge >= 0.3 is 11.9 Å². The van der Waals surface area contributed by atoms with Crippen LogP contribution in [0.1, 0.15) is 92.4 Å². The van der Waals surface area contributed by atoms with Crippen LogP contribution in [-0.4, -0.2) is 59.2 Å². The Labute approximate surface area is 266 Å².